The smallest absolute Gasteiger partial charge is 0.261 e. The Hall–Kier alpha value is -2.49. The van der Waals surface area contributed by atoms with Gasteiger partial charge in [0, 0.05) is 12.0 Å². The number of carbonyl (C=O) groups is 2. The van der Waals surface area contributed by atoms with Crippen LogP contribution in [0.25, 0.3) is 0 Å². The van der Waals surface area contributed by atoms with Crippen molar-refractivity contribution < 1.29 is 14.0 Å². The number of fused-ring (bicyclic) bond motifs is 1. The van der Waals surface area contributed by atoms with E-state index in [1.165, 1.54) is 17.0 Å². The Kier molecular flexibility index (Phi) is 3.26. The highest BCUT2D eigenvalue weighted by molar-refractivity contribution is 6.21. The van der Waals surface area contributed by atoms with Gasteiger partial charge in [0.25, 0.3) is 11.8 Å². The van der Waals surface area contributed by atoms with Gasteiger partial charge in [-0.1, -0.05) is 30.7 Å². The van der Waals surface area contributed by atoms with Gasteiger partial charge in [0.2, 0.25) is 0 Å². The lowest BCUT2D eigenvalue weighted by Crippen LogP contribution is -2.41. The molecular formula is C19H16FNO2. The van der Waals surface area contributed by atoms with E-state index in [2.05, 4.69) is 0 Å². The van der Waals surface area contributed by atoms with Crippen LogP contribution in [0.3, 0.4) is 0 Å². The summed E-state index contributed by atoms with van der Waals surface area (Å²) in [6.07, 6.45) is 2.66. The predicted molar refractivity (Wildman–Crippen MR) is 83.7 cm³/mol. The largest absolute Gasteiger partial charge is 0.271 e. The summed E-state index contributed by atoms with van der Waals surface area (Å²) in [6, 6.07) is 13.2. The van der Waals surface area contributed by atoms with Crippen LogP contribution >= 0.6 is 0 Å². The SMILES string of the molecule is O=C1c2ccccc2C(=O)N1[C@@H]1CCC[C@@H]1c1ccc(F)cc1. The van der Waals surface area contributed by atoms with E-state index in [0.29, 0.717) is 11.1 Å². The summed E-state index contributed by atoms with van der Waals surface area (Å²) in [4.78, 5) is 26.8. The van der Waals surface area contributed by atoms with E-state index in [1.807, 2.05) is 0 Å². The van der Waals surface area contributed by atoms with E-state index in [4.69, 9.17) is 0 Å². The number of rotatable bonds is 2. The van der Waals surface area contributed by atoms with Gasteiger partial charge in [-0.25, -0.2) is 4.39 Å². The van der Waals surface area contributed by atoms with Crippen molar-refractivity contribution in [3.05, 3.63) is 71.0 Å². The third-order valence-electron chi connectivity index (χ3n) is 4.93. The molecule has 2 atom stereocenters. The molecule has 1 aliphatic carbocycles. The molecule has 3 nitrogen and oxygen atoms in total. The first-order valence-corrected chi connectivity index (χ1v) is 7.89. The molecule has 1 heterocycles. The van der Waals surface area contributed by atoms with Crippen LogP contribution in [0, 0.1) is 5.82 Å². The van der Waals surface area contributed by atoms with Crippen LogP contribution in [0.5, 0.6) is 0 Å². The van der Waals surface area contributed by atoms with E-state index in [0.717, 1.165) is 24.8 Å². The van der Waals surface area contributed by atoms with Crippen LogP contribution < -0.4 is 0 Å². The van der Waals surface area contributed by atoms with Crippen molar-refractivity contribution >= 4 is 11.8 Å². The molecule has 2 aromatic rings. The summed E-state index contributed by atoms with van der Waals surface area (Å²) >= 11 is 0. The maximum atomic E-state index is 13.2. The highest BCUT2D eigenvalue weighted by Crippen LogP contribution is 2.40. The van der Waals surface area contributed by atoms with E-state index in [-0.39, 0.29) is 29.6 Å². The van der Waals surface area contributed by atoms with Crippen molar-refractivity contribution in [1.82, 2.24) is 4.90 Å². The Morgan fingerprint density at radius 3 is 2.09 bits per heavy atom. The van der Waals surface area contributed by atoms with Crippen LogP contribution in [0.15, 0.2) is 48.5 Å². The predicted octanol–water partition coefficient (Wildman–Crippen LogP) is 3.76. The fourth-order valence-corrected chi connectivity index (χ4v) is 3.86. The Morgan fingerprint density at radius 1 is 0.870 bits per heavy atom. The monoisotopic (exact) mass is 309 g/mol. The summed E-state index contributed by atoms with van der Waals surface area (Å²) in [7, 11) is 0. The number of halogens is 1. The lowest BCUT2D eigenvalue weighted by molar-refractivity contribution is 0.0574. The van der Waals surface area contributed by atoms with E-state index >= 15 is 0 Å². The molecule has 0 radical (unpaired) electrons. The Bertz CT molecular complexity index is 749. The molecular weight excluding hydrogens is 293 g/mol. The second-order valence-electron chi connectivity index (χ2n) is 6.18. The van der Waals surface area contributed by atoms with Crippen LogP contribution in [-0.2, 0) is 0 Å². The average Bonchev–Trinajstić information content (AvgIpc) is 3.13. The second kappa shape index (κ2) is 5.30. The summed E-state index contributed by atoms with van der Waals surface area (Å²) in [6.45, 7) is 0. The first-order valence-electron chi connectivity index (χ1n) is 7.89. The third-order valence-corrected chi connectivity index (χ3v) is 4.93. The number of nitrogens with zero attached hydrogens (tertiary/aromatic N) is 1. The number of imide groups is 1. The molecule has 1 fully saturated rings. The minimum Gasteiger partial charge on any atom is -0.271 e. The highest BCUT2D eigenvalue weighted by Gasteiger charge is 2.44. The molecule has 2 aromatic carbocycles. The molecule has 0 bridgehead atoms. The summed E-state index contributed by atoms with van der Waals surface area (Å²) < 4.78 is 13.2. The van der Waals surface area contributed by atoms with Crippen LogP contribution in [0.1, 0.15) is 51.5 Å². The quantitative estimate of drug-likeness (QED) is 0.792. The van der Waals surface area contributed by atoms with E-state index in [1.54, 1.807) is 36.4 Å². The van der Waals surface area contributed by atoms with Crippen molar-refractivity contribution in [2.45, 2.75) is 31.2 Å². The van der Waals surface area contributed by atoms with Crippen molar-refractivity contribution in [3.8, 4) is 0 Å². The first kappa shape index (κ1) is 14.1. The van der Waals surface area contributed by atoms with Crippen LogP contribution in [0.2, 0.25) is 0 Å². The van der Waals surface area contributed by atoms with Gasteiger partial charge in [0.05, 0.1) is 11.1 Å². The van der Waals surface area contributed by atoms with Gasteiger partial charge in [-0.05, 0) is 42.7 Å². The summed E-state index contributed by atoms with van der Waals surface area (Å²) in [5.41, 5.74) is 1.97. The van der Waals surface area contributed by atoms with Gasteiger partial charge in [-0.3, -0.25) is 14.5 Å². The molecule has 116 valence electrons. The molecule has 4 rings (SSSR count). The zero-order valence-corrected chi connectivity index (χ0v) is 12.5. The first-order chi connectivity index (χ1) is 11.2. The van der Waals surface area contributed by atoms with Crippen molar-refractivity contribution in [2.24, 2.45) is 0 Å². The summed E-state index contributed by atoms with van der Waals surface area (Å²) in [5.74, 6) is -0.601. The molecule has 0 unspecified atom stereocenters. The fraction of sp³-hybridized carbons (Fsp3) is 0.263. The van der Waals surface area contributed by atoms with Crippen molar-refractivity contribution in [1.29, 1.82) is 0 Å². The number of hydrogen-bond donors (Lipinski definition) is 0. The Balaban J connectivity index is 1.69. The fourth-order valence-electron chi connectivity index (χ4n) is 3.86. The molecule has 23 heavy (non-hydrogen) atoms. The van der Waals surface area contributed by atoms with Gasteiger partial charge in [-0.2, -0.15) is 0 Å². The Labute approximate surface area is 133 Å². The molecule has 1 aliphatic heterocycles. The van der Waals surface area contributed by atoms with Gasteiger partial charge >= 0.3 is 0 Å². The zero-order chi connectivity index (χ0) is 16.0. The third kappa shape index (κ3) is 2.17. The molecule has 0 aromatic heterocycles. The lowest BCUT2D eigenvalue weighted by Gasteiger charge is -2.28. The minimum atomic E-state index is -0.274. The molecule has 2 amide bonds. The highest BCUT2D eigenvalue weighted by atomic mass is 19.1. The Morgan fingerprint density at radius 2 is 1.48 bits per heavy atom. The van der Waals surface area contributed by atoms with E-state index in [9.17, 15) is 14.0 Å². The van der Waals surface area contributed by atoms with Gasteiger partial charge < -0.3 is 0 Å². The average molecular weight is 309 g/mol. The molecule has 1 saturated carbocycles. The van der Waals surface area contributed by atoms with Gasteiger partial charge in [-0.15, -0.1) is 0 Å². The zero-order valence-electron chi connectivity index (χ0n) is 12.5. The second-order valence-corrected chi connectivity index (χ2v) is 6.18. The van der Waals surface area contributed by atoms with E-state index < -0.39 is 0 Å². The normalized spacial score (nSPS) is 23.4. The maximum Gasteiger partial charge on any atom is 0.261 e. The topological polar surface area (TPSA) is 37.4 Å². The van der Waals surface area contributed by atoms with Crippen LogP contribution in [0.4, 0.5) is 4.39 Å². The molecule has 0 N–H and O–H groups in total. The molecule has 2 aliphatic rings. The molecule has 4 heteroatoms. The van der Waals surface area contributed by atoms with Gasteiger partial charge in [0.15, 0.2) is 0 Å². The molecule has 0 spiro atoms. The minimum absolute atomic E-state index is 0.0813. The molecule has 0 saturated heterocycles. The lowest BCUT2D eigenvalue weighted by atomic mass is 9.93. The summed E-state index contributed by atoms with van der Waals surface area (Å²) in [5, 5.41) is 0. The van der Waals surface area contributed by atoms with Gasteiger partial charge in [0.1, 0.15) is 5.82 Å². The van der Waals surface area contributed by atoms with Crippen molar-refractivity contribution in [3.63, 3.8) is 0 Å². The number of carbonyl (C=O) groups excluding carboxylic acids is 2. The standard InChI is InChI=1S/C19H16FNO2/c20-13-10-8-12(9-11-13)14-6-3-7-17(14)21-18(22)15-4-1-2-5-16(15)19(21)23/h1-2,4-5,8-11,14,17H,3,6-7H2/t14-,17-/m1/s1. The maximum absolute atomic E-state index is 13.2. The number of amides is 2. The van der Waals surface area contributed by atoms with Crippen LogP contribution in [-0.4, -0.2) is 22.8 Å². The number of hydrogen-bond acceptors (Lipinski definition) is 2. The number of benzene rings is 2. The van der Waals surface area contributed by atoms with Crippen molar-refractivity contribution in [2.75, 3.05) is 0 Å².